The van der Waals surface area contributed by atoms with Crippen LogP contribution in [0.2, 0.25) is 0 Å². The van der Waals surface area contributed by atoms with E-state index in [1.807, 2.05) is 36.4 Å². The highest BCUT2D eigenvalue weighted by molar-refractivity contribution is 7.09. The molecule has 1 unspecified atom stereocenters. The number of hydrogen-bond acceptors (Lipinski definition) is 4. The summed E-state index contributed by atoms with van der Waals surface area (Å²) in [6.45, 7) is 1.71. The standard InChI is InChI=1S/C18H15NO3S/c1-11-14(16(20)17-19-7-8-23-17)9-13(10-15(11)18(21)22)12-5-3-2-4-6-12/h2-10,16,20H,1H3,(H,21,22). The number of aromatic carboxylic acids is 1. The van der Waals surface area contributed by atoms with Crippen molar-refractivity contribution in [1.29, 1.82) is 0 Å². The monoisotopic (exact) mass is 325 g/mol. The Bertz CT molecular complexity index is 829. The Balaban J connectivity index is 2.18. The van der Waals surface area contributed by atoms with Crippen molar-refractivity contribution in [3.63, 3.8) is 0 Å². The lowest BCUT2D eigenvalue weighted by Gasteiger charge is -2.16. The van der Waals surface area contributed by atoms with Crippen molar-refractivity contribution in [1.82, 2.24) is 4.98 Å². The number of aromatic nitrogens is 1. The molecule has 2 N–H and O–H groups in total. The first-order valence-electron chi connectivity index (χ1n) is 7.08. The van der Waals surface area contributed by atoms with Gasteiger partial charge in [-0.05, 0) is 41.3 Å². The molecular formula is C18H15NO3S. The third kappa shape index (κ3) is 3.02. The van der Waals surface area contributed by atoms with Gasteiger partial charge in [-0.15, -0.1) is 11.3 Å². The van der Waals surface area contributed by atoms with Crippen LogP contribution in [0.4, 0.5) is 0 Å². The van der Waals surface area contributed by atoms with E-state index in [1.54, 1.807) is 24.6 Å². The van der Waals surface area contributed by atoms with Gasteiger partial charge in [0.25, 0.3) is 0 Å². The van der Waals surface area contributed by atoms with Crippen molar-refractivity contribution in [2.75, 3.05) is 0 Å². The fourth-order valence-electron chi connectivity index (χ4n) is 2.54. The Hall–Kier alpha value is -2.50. The molecule has 0 aliphatic heterocycles. The van der Waals surface area contributed by atoms with E-state index in [4.69, 9.17) is 0 Å². The van der Waals surface area contributed by atoms with Crippen LogP contribution in [-0.2, 0) is 0 Å². The molecule has 4 nitrogen and oxygen atoms in total. The number of aliphatic hydroxyl groups is 1. The highest BCUT2D eigenvalue weighted by Gasteiger charge is 2.21. The van der Waals surface area contributed by atoms with Crippen LogP contribution in [0.5, 0.6) is 0 Å². The molecule has 3 rings (SSSR count). The first kappa shape index (κ1) is 15.4. The summed E-state index contributed by atoms with van der Waals surface area (Å²) in [6.07, 6.45) is 0.689. The van der Waals surface area contributed by atoms with Crippen LogP contribution in [0.15, 0.2) is 54.0 Å². The van der Waals surface area contributed by atoms with Gasteiger partial charge in [-0.3, -0.25) is 0 Å². The molecule has 5 heteroatoms. The number of carbonyl (C=O) groups is 1. The maximum Gasteiger partial charge on any atom is 0.335 e. The van der Waals surface area contributed by atoms with Crippen molar-refractivity contribution in [3.05, 3.63) is 75.7 Å². The van der Waals surface area contributed by atoms with Crippen LogP contribution in [0.1, 0.15) is 32.6 Å². The van der Waals surface area contributed by atoms with E-state index in [9.17, 15) is 15.0 Å². The summed E-state index contributed by atoms with van der Waals surface area (Å²) in [7, 11) is 0. The summed E-state index contributed by atoms with van der Waals surface area (Å²) in [5.41, 5.74) is 2.98. The zero-order valence-corrected chi connectivity index (χ0v) is 13.2. The lowest BCUT2D eigenvalue weighted by Crippen LogP contribution is -2.08. The molecule has 0 saturated carbocycles. The first-order chi connectivity index (χ1) is 11.1. The van der Waals surface area contributed by atoms with Gasteiger partial charge in [-0.1, -0.05) is 30.3 Å². The van der Waals surface area contributed by atoms with E-state index < -0.39 is 12.1 Å². The molecule has 23 heavy (non-hydrogen) atoms. The molecule has 1 aromatic heterocycles. The van der Waals surface area contributed by atoms with E-state index in [0.717, 1.165) is 11.1 Å². The number of benzene rings is 2. The van der Waals surface area contributed by atoms with Crippen LogP contribution in [-0.4, -0.2) is 21.2 Å². The Morgan fingerprint density at radius 3 is 2.52 bits per heavy atom. The molecule has 2 aromatic carbocycles. The van der Waals surface area contributed by atoms with Gasteiger partial charge in [0.2, 0.25) is 0 Å². The summed E-state index contributed by atoms with van der Waals surface area (Å²) in [6, 6.07) is 13.0. The summed E-state index contributed by atoms with van der Waals surface area (Å²) in [4.78, 5) is 15.7. The lowest BCUT2D eigenvalue weighted by atomic mass is 9.92. The molecule has 3 aromatic rings. The van der Waals surface area contributed by atoms with Gasteiger partial charge in [-0.25, -0.2) is 9.78 Å². The second-order valence-electron chi connectivity index (χ2n) is 5.18. The highest BCUT2D eigenvalue weighted by atomic mass is 32.1. The van der Waals surface area contributed by atoms with E-state index in [-0.39, 0.29) is 5.56 Å². The average molecular weight is 325 g/mol. The fraction of sp³-hybridized carbons (Fsp3) is 0.111. The number of carboxylic acid groups (broad SMARTS) is 1. The molecule has 0 aliphatic rings. The molecule has 1 heterocycles. The smallest absolute Gasteiger partial charge is 0.335 e. The van der Waals surface area contributed by atoms with E-state index in [1.165, 1.54) is 11.3 Å². The molecule has 0 fully saturated rings. The first-order valence-corrected chi connectivity index (χ1v) is 7.96. The number of aliphatic hydroxyl groups excluding tert-OH is 1. The largest absolute Gasteiger partial charge is 0.478 e. The molecule has 0 spiro atoms. The van der Waals surface area contributed by atoms with Crippen LogP contribution >= 0.6 is 11.3 Å². The van der Waals surface area contributed by atoms with Gasteiger partial charge in [0.1, 0.15) is 11.1 Å². The van der Waals surface area contributed by atoms with Gasteiger partial charge < -0.3 is 10.2 Å². The maximum absolute atomic E-state index is 11.6. The average Bonchev–Trinajstić information content (AvgIpc) is 3.09. The second-order valence-corrected chi connectivity index (χ2v) is 6.11. The zero-order valence-electron chi connectivity index (χ0n) is 12.4. The second kappa shape index (κ2) is 6.32. The lowest BCUT2D eigenvalue weighted by molar-refractivity contribution is 0.0696. The van der Waals surface area contributed by atoms with E-state index >= 15 is 0 Å². The number of nitrogens with zero attached hydrogens (tertiary/aromatic N) is 1. The minimum Gasteiger partial charge on any atom is -0.478 e. The highest BCUT2D eigenvalue weighted by Crippen LogP contribution is 2.32. The van der Waals surface area contributed by atoms with Gasteiger partial charge in [0.05, 0.1) is 5.56 Å². The van der Waals surface area contributed by atoms with Crippen molar-refractivity contribution in [2.45, 2.75) is 13.0 Å². The number of carboxylic acids is 1. The predicted molar refractivity (Wildman–Crippen MR) is 89.8 cm³/mol. The van der Waals surface area contributed by atoms with E-state index in [2.05, 4.69) is 4.98 Å². The zero-order chi connectivity index (χ0) is 16.4. The van der Waals surface area contributed by atoms with Crippen LogP contribution in [0.25, 0.3) is 11.1 Å². The summed E-state index contributed by atoms with van der Waals surface area (Å²) in [5, 5.41) is 22.4. The van der Waals surface area contributed by atoms with Crippen LogP contribution < -0.4 is 0 Å². The molecule has 0 aliphatic carbocycles. The third-order valence-corrected chi connectivity index (χ3v) is 4.59. The number of rotatable bonds is 4. The molecule has 0 bridgehead atoms. The van der Waals surface area contributed by atoms with E-state index in [0.29, 0.717) is 16.1 Å². The van der Waals surface area contributed by atoms with Crippen molar-refractivity contribution in [2.24, 2.45) is 0 Å². The normalized spacial score (nSPS) is 12.1. The number of hydrogen-bond donors (Lipinski definition) is 2. The summed E-state index contributed by atoms with van der Waals surface area (Å²) < 4.78 is 0. The third-order valence-electron chi connectivity index (χ3n) is 3.77. The van der Waals surface area contributed by atoms with Gasteiger partial charge >= 0.3 is 5.97 Å². The van der Waals surface area contributed by atoms with Gasteiger partial charge in [-0.2, -0.15) is 0 Å². The van der Waals surface area contributed by atoms with Gasteiger partial charge in [0, 0.05) is 11.6 Å². The van der Waals surface area contributed by atoms with Crippen molar-refractivity contribution in [3.8, 4) is 11.1 Å². The Morgan fingerprint density at radius 1 is 1.17 bits per heavy atom. The predicted octanol–water partition coefficient (Wildman–Crippen LogP) is 3.90. The Kier molecular flexibility index (Phi) is 4.23. The molecule has 116 valence electrons. The maximum atomic E-state index is 11.6. The van der Waals surface area contributed by atoms with Gasteiger partial charge in [0.15, 0.2) is 0 Å². The topological polar surface area (TPSA) is 70.4 Å². The summed E-state index contributed by atoms with van der Waals surface area (Å²) >= 11 is 1.34. The van der Waals surface area contributed by atoms with Crippen LogP contribution in [0, 0.1) is 6.92 Å². The summed E-state index contributed by atoms with van der Waals surface area (Å²) in [5.74, 6) is -1.01. The fourth-order valence-corrected chi connectivity index (χ4v) is 3.18. The molecule has 0 amide bonds. The molecule has 0 radical (unpaired) electrons. The van der Waals surface area contributed by atoms with Crippen LogP contribution in [0.3, 0.4) is 0 Å². The Morgan fingerprint density at radius 2 is 1.91 bits per heavy atom. The Labute approximate surface area is 137 Å². The minimum atomic E-state index is -1.01. The van der Waals surface area contributed by atoms with Crippen molar-refractivity contribution >= 4 is 17.3 Å². The SMILES string of the molecule is Cc1c(C(=O)O)cc(-c2ccccc2)cc1C(O)c1nccs1. The number of thiazole rings is 1. The molecular weight excluding hydrogens is 310 g/mol. The molecule has 0 saturated heterocycles. The molecule has 1 atom stereocenters. The quantitative estimate of drug-likeness (QED) is 0.763. The minimum absolute atomic E-state index is 0.192. The van der Waals surface area contributed by atoms with Crippen molar-refractivity contribution < 1.29 is 15.0 Å².